The predicted molar refractivity (Wildman–Crippen MR) is 131 cm³/mol. The largest absolute Gasteiger partial charge is 0.497 e. The molecular weight excluding hydrogens is 470 g/mol. The molecule has 35 heavy (non-hydrogen) atoms. The molecule has 0 radical (unpaired) electrons. The number of rotatable bonds is 7. The van der Waals surface area contributed by atoms with Crippen LogP contribution in [0.4, 0.5) is 5.82 Å². The standard InChI is InChI=1S/C24H20ClN7O3/c1-15-11-21(29-22(33)13-35-19-9-7-18(34-2)8-10-19)32(30-15)24-20-12-28-31(23(20)26-14-27-24)17-5-3-16(25)4-6-17/h3-12,14H,13H2,1-2H3,(H,29,33). The van der Waals surface area contributed by atoms with E-state index in [1.165, 1.54) is 6.33 Å². The Bertz CT molecular complexity index is 1490. The maximum Gasteiger partial charge on any atom is 0.263 e. The number of fused-ring (bicyclic) bond motifs is 1. The molecule has 5 aromatic rings. The molecule has 2 aromatic carbocycles. The summed E-state index contributed by atoms with van der Waals surface area (Å²) in [5.74, 6) is 1.85. The third-order valence-electron chi connectivity index (χ3n) is 5.14. The van der Waals surface area contributed by atoms with E-state index in [4.69, 9.17) is 21.1 Å². The molecule has 0 aliphatic carbocycles. The zero-order valence-electron chi connectivity index (χ0n) is 18.8. The zero-order chi connectivity index (χ0) is 24.4. The number of amides is 1. The molecule has 0 spiro atoms. The molecule has 0 saturated heterocycles. The van der Waals surface area contributed by atoms with Crippen molar-refractivity contribution in [3.63, 3.8) is 0 Å². The van der Waals surface area contributed by atoms with Gasteiger partial charge in [-0.2, -0.15) is 14.9 Å². The summed E-state index contributed by atoms with van der Waals surface area (Å²) in [6.45, 7) is 1.65. The van der Waals surface area contributed by atoms with E-state index in [-0.39, 0.29) is 12.5 Å². The van der Waals surface area contributed by atoms with Crippen LogP contribution < -0.4 is 14.8 Å². The quantitative estimate of drug-likeness (QED) is 0.368. The highest BCUT2D eigenvalue weighted by atomic mass is 35.5. The smallest absolute Gasteiger partial charge is 0.263 e. The van der Waals surface area contributed by atoms with Gasteiger partial charge in [-0.15, -0.1) is 0 Å². The maximum atomic E-state index is 12.6. The fourth-order valence-electron chi connectivity index (χ4n) is 3.52. The van der Waals surface area contributed by atoms with Crippen LogP contribution in [0.2, 0.25) is 5.02 Å². The van der Waals surface area contributed by atoms with Crippen molar-refractivity contribution in [2.45, 2.75) is 6.92 Å². The van der Waals surface area contributed by atoms with Gasteiger partial charge in [-0.1, -0.05) is 11.6 Å². The van der Waals surface area contributed by atoms with Crippen molar-refractivity contribution in [3.8, 4) is 23.0 Å². The van der Waals surface area contributed by atoms with E-state index >= 15 is 0 Å². The maximum absolute atomic E-state index is 12.6. The third kappa shape index (κ3) is 4.64. The van der Waals surface area contributed by atoms with E-state index in [1.54, 1.807) is 65.1 Å². The predicted octanol–water partition coefficient (Wildman–Crippen LogP) is 3.99. The fourth-order valence-corrected chi connectivity index (χ4v) is 3.65. The second kappa shape index (κ2) is 9.43. The van der Waals surface area contributed by atoms with E-state index in [0.717, 1.165) is 5.69 Å². The Labute approximate surface area is 205 Å². The first-order chi connectivity index (χ1) is 17.0. The Morgan fingerprint density at radius 1 is 1.03 bits per heavy atom. The molecule has 3 aromatic heterocycles. The topological polar surface area (TPSA) is 109 Å². The highest BCUT2D eigenvalue weighted by molar-refractivity contribution is 6.30. The zero-order valence-corrected chi connectivity index (χ0v) is 19.6. The van der Waals surface area contributed by atoms with Crippen LogP contribution in [0.15, 0.2) is 67.1 Å². The van der Waals surface area contributed by atoms with Gasteiger partial charge in [0.15, 0.2) is 18.1 Å². The number of nitrogens with zero attached hydrogens (tertiary/aromatic N) is 6. The van der Waals surface area contributed by atoms with E-state index in [0.29, 0.717) is 44.9 Å². The number of ether oxygens (including phenoxy) is 2. The lowest BCUT2D eigenvalue weighted by Gasteiger charge is -2.10. The van der Waals surface area contributed by atoms with Gasteiger partial charge in [-0.05, 0) is 55.5 Å². The summed E-state index contributed by atoms with van der Waals surface area (Å²) in [6, 6.07) is 16.0. The van der Waals surface area contributed by atoms with E-state index < -0.39 is 0 Å². The van der Waals surface area contributed by atoms with Crippen molar-refractivity contribution in [1.29, 1.82) is 0 Å². The first kappa shape index (κ1) is 22.4. The summed E-state index contributed by atoms with van der Waals surface area (Å²) in [5, 5.41) is 13.1. The molecule has 0 unspecified atom stereocenters. The van der Waals surface area contributed by atoms with Crippen LogP contribution in [0.3, 0.4) is 0 Å². The van der Waals surface area contributed by atoms with Crippen LogP contribution in [0.25, 0.3) is 22.5 Å². The number of nitrogens with one attached hydrogen (secondary N) is 1. The third-order valence-corrected chi connectivity index (χ3v) is 5.40. The lowest BCUT2D eigenvalue weighted by molar-refractivity contribution is -0.118. The number of methoxy groups -OCH3 is 1. The normalized spacial score (nSPS) is 10.9. The summed E-state index contributed by atoms with van der Waals surface area (Å²) in [7, 11) is 1.59. The Kier molecular flexibility index (Phi) is 6.02. The highest BCUT2D eigenvalue weighted by Gasteiger charge is 2.18. The number of carbonyl (C=O) groups is 1. The van der Waals surface area contributed by atoms with Crippen molar-refractivity contribution < 1.29 is 14.3 Å². The molecule has 1 N–H and O–H groups in total. The molecule has 0 fully saturated rings. The molecule has 0 saturated carbocycles. The van der Waals surface area contributed by atoms with Crippen molar-refractivity contribution in [2.24, 2.45) is 0 Å². The number of hydrogen-bond acceptors (Lipinski definition) is 7. The first-order valence-electron chi connectivity index (χ1n) is 10.6. The van der Waals surface area contributed by atoms with Crippen LogP contribution in [0.5, 0.6) is 11.5 Å². The molecule has 0 aliphatic rings. The van der Waals surface area contributed by atoms with Gasteiger partial charge in [0, 0.05) is 11.1 Å². The van der Waals surface area contributed by atoms with E-state index in [1.807, 2.05) is 19.1 Å². The van der Waals surface area contributed by atoms with Gasteiger partial charge >= 0.3 is 0 Å². The summed E-state index contributed by atoms with van der Waals surface area (Å²) in [5.41, 5.74) is 2.09. The Hall–Kier alpha value is -4.44. The van der Waals surface area contributed by atoms with Gasteiger partial charge in [0.1, 0.15) is 23.6 Å². The average Bonchev–Trinajstić information content (AvgIpc) is 3.46. The van der Waals surface area contributed by atoms with Gasteiger partial charge in [0.25, 0.3) is 5.91 Å². The molecule has 11 heteroatoms. The summed E-state index contributed by atoms with van der Waals surface area (Å²) >= 11 is 6.01. The minimum absolute atomic E-state index is 0.176. The van der Waals surface area contributed by atoms with Crippen LogP contribution in [0.1, 0.15) is 5.69 Å². The lowest BCUT2D eigenvalue weighted by Crippen LogP contribution is -2.22. The van der Waals surface area contributed by atoms with E-state index in [9.17, 15) is 4.79 Å². The van der Waals surface area contributed by atoms with Crippen molar-refractivity contribution in [3.05, 3.63) is 77.8 Å². The Morgan fingerprint density at radius 3 is 2.51 bits per heavy atom. The highest BCUT2D eigenvalue weighted by Crippen LogP contribution is 2.25. The van der Waals surface area contributed by atoms with Gasteiger partial charge in [-0.3, -0.25) is 4.79 Å². The monoisotopic (exact) mass is 489 g/mol. The molecular formula is C24H20ClN7O3. The molecule has 1 amide bonds. The fraction of sp³-hybridized carbons (Fsp3) is 0.125. The summed E-state index contributed by atoms with van der Waals surface area (Å²) < 4.78 is 13.9. The number of carbonyl (C=O) groups excluding carboxylic acids is 1. The SMILES string of the molecule is COc1ccc(OCC(=O)Nc2cc(C)nn2-c2ncnc3c2cnn3-c2ccc(Cl)cc2)cc1. The number of anilines is 1. The van der Waals surface area contributed by atoms with Crippen LogP contribution in [-0.4, -0.2) is 49.2 Å². The molecule has 3 heterocycles. The summed E-state index contributed by atoms with van der Waals surface area (Å²) in [6.07, 6.45) is 3.09. The van der Waals surface area contributed by atoms with Crippen molar-refractivity contribution in [1.82, 2.24) is 29.5 Å². The lowest BCUT2D eigenvalue weighted by atomic mass is 10.3. The van der Waals surface area contributed by atoms with Gasteiger partial charge in [0.2, 0.25) is 0 Å². The minimum atomic E-state index is -0.343. The molecule has 5 rings (SSSR count). The van der Waals surface area contributed by atoms with Gasteiger partial charge in [-0.25, -0.2) is 14.6 Å². The van der Waals surface area contributed by atoms with E-state index in [2.05, 4.69) is 25.5 Å². The molecule has 10 nitrogen and oxygen atoms in total. The number of aryl methyl sites for hydroxylation is 1. The van der Waals surface area contributed by atoms with Crippen LogP contribution in [-0.2, 0) is 4.79 Å². The van der Waals surface area contributed by atoms with Gasteiger partial charge in [0.05, 0.1) is 30.1 Å². The van der Waals surface area contributed by atoms with Crippen molar-refractivity contribution in [2.75, 3.05) is 19.0 Å². The Morgan fingerprint density at radius 2 is 1.77 bits per heavy atom. The first-order valence-corrected chi connectivity index (χ1v) is 11.0. The summed E-state index contributed by atoms with van der Waals surface area (Å²) in [4.78, 5) is 21.4. The van der Waals surface area contributed by atoms with Crippen LogP contribution in [0, 0.1) is 6.92 Å². The van der Waals surface area contributed by atoms with Gasteiger partial charge < -0.3 is 14.8 Å². The second-order valence-corrected chi connectivity index (χ2v) is 8.00. The number of aromatic nitrogens is 6. The number of benzene rings is 2. The number of halogens is 1. The average molecular weight is 490 g/mol. The molecule has 0 atom stereocenters. The molecule has 0 aliphatic heterocycles. The molecule has 0 bridgehead atoms. The van der Waals surface area contributed by atoms with Crippen molar-refractivity contribution >= 4 is 34.4 Å². The second-order valence-electron chi connectivity index (χ2n) is 7.56. The van der Waals surface area contributed by atoms with Crippen LogP contribution >= 0.6 is 11.6 Å². The Balaban J connectivity index is 1.40. The number of hydrogen-bond donors (Lipinski definition) is 1. The minimum Gasteiger partial charge on any atom is -0.497 e. The molecule has 176 valence electrons.